The predicted molar refractivity (Wildman–Crippen MR) is 108 cm³/mol. The Morgan fingerprint density at radius 3 is 2.12 bits per heavy atom. The van der Waals surface area contributed by atoms with Crippen LogP contribution in [0.4, 0.5) is 11.4 Å². The number of para-hydroxylation sites is 1. The molecule has 0 fully saturated rings. The third-order valence-electron chi connectivity index (χ3n) is 4.11. The van der Waals surface area contributed by atoms with Crippen molar-refractivity contribution in [2.45, 2.75) is 13.8 Å². The minimum atomic E-state index is 0.590. The lowest BCUT2D eigenvalue weighted by Gasteiger charge is -2.16. The molecular weight excluding hydrogens is 312 g/mol. The maximum Gasteiger partial charge on any atom is 0.175 e. The first-order chi connectivity index (χ1) is 11.6. The van der Waals surface area contributed by atoms with Crippen molar-refractivity contribution in [2.24, 2.45) is 0 Å². The summed E-state index contributed by atoms with van der Waals surface area (Å²) < 4.78 is 0. The lowest BCUT2D eigenvalue weighted by atomic mass is 10.0. The van der Waals surface area contributed by atoms with Gasteiger partial charge in [-0.25, -0.2) is 0 Å². The molecule has 0 amide bonds. The summed E-state index contributed by atoms with van der Waals surface area (Å²) in [6, 6.07) is 24.7. The molecule has 0 radical (unpaired) electrons. The van der Waals surface area contributed by atoms with Crippen molar-refractivity contribution in [3.8, 4) is 11.1 Å². The fraction of sp³-hybridized carbons (Fsp3) is 0.0952. The van der Waals surface area contributed by atoms with Gasteiger partial charge in [-0.2, -0.15) is 0 Å². The molecule has 3 aromatic carbocycles. The summed E-state index contributed by atoms with van der Waals surface area (Å²) in [6.07, 6.45) is 0. The van der Waals surface area contributed by atoms with E-state index in [9.17, 15) is 0 Å². The van der Waals surface area contributed by atoms with E-state index < -0.39 is 0 Å². The van der Waals surface area contributed by atoms with Gasteiger partial charge >= 0.3 is 0 Å². The SMILES string of the molecule is Cc1cccc(NC(=S)Nc2ccccc2-c2ccccc2)c1C. The molecule has 3 rings (SSSR count). The van der Waals surface area contributed by atoms with Gasteiger partial charge in [0.25, 0.3) is 0 Å². The number of anilines is 2. The third kappa shape index (κ3) is 3.63. The van der Waals surface area contributed by atoms with Crippen LogP contribution in [0.1, 0.15) is 11.1 Å². The van der Waals surface area contributed by atoms with Gasteiger partial charge in [-0.3, -0.25) is 0 Å². The first-order valence-corrected chi connectivity index (χ1v) is 8.34. The maximum absolute atomic E-state index is 5.51. The van der Waals surface area contributed by atoms with Crippen LogP contribution in [0, 0.1) is 13.8 Å². The summed E-state index contributed by atoms with van der Waals surface area (Å²) in [6.45, 7) is 4.19. The molecule has 0 spiro atoms. The Hall–Kier alpha value is -2.65. The van der Waals surface area contributed by atoms with Crippen molar-refractivity contribution in [1.29, 1.82) is 0 Å². The van der Waals surface area contributed by atoms with Gasteiger partial charge < -0.3 is 10.6 Å². The summed E-state index contributed by atoms with van der Waals surface area (Å²) in [5.74, 6) is 0. The molecule has 3 heteroatoms. The summed E-state index contributed by atoms with van der Waals surface area (Å²) in [7, 11) is 0. The first-order valence-electron chi connectivity index (χ1n) is 7.94. The highest BCUT2D eigenvalue weighted by molar-refractivity contribution is 7.80. The van der Waals surface area contributed by atoms with Crippen LogP contribution < -0.4 is 10.6 Å². The quantitative estimate of drug-likeness (QED) is 0.595. The highest BCUT2D eigenvalue weighted by Crippen LogP contribution is 2.28. The normalized spacial score (nSPS) is 10.2. The van der Waals surface area contributed by atoms with E-state index in [1.54, 1.807) is 0 Å². The number of hydrogen-bond acceptors (Lipinski definition) is 1. The molecule has 0 atom stereocenters. The van der Waals surface area contributed by atoms with Crippen LogP contribution in [-0.4, -0.2) is 5.11 Å². The molecule has 0 heterocycles. The minimum absolute atomic E-state index is 0.590. The zero-order chi connectivity index (χ0) is 16.9. The summed E-state index contributed by atoms with van der Waals surface area (Å²) >= 11 is 5.51. The molecule has 0 aliphatic carbocycles. The highest BCUT2D eigenvalue weighted by atomic mass is 32.1. The minimum Gasteiger partial charge on any atom is -0.332 e. The van der Waals surface area contributed by atoms with Crippen LogP contribution >= 0.6 is 12.2 Å². The standard InChI is InChI=1S/C21H20N2S/c1-15-9-8-14-19(16(15)2)22-21(24)23-20-13-7-6-12-18(20)17-10-4-3-5-11-17/h3-14H,1-2H3,(H2,22,23,24). The van der Waals surface area contributed by atoms with Crippen molar-refractivity contribution < 1.29 is 0 Å². The number of aryl methyl sites for hydroxylation is 1. The van der Waals surface area contributed by atoms with Gasteiger partial charge in [-0.1, -0.05) is 60.7 Å². The Labute approximate surface area is 148 Å². The highest BCUT2D eigenvalue weighted by Gasteiger charge is 2.07. The Morgan fingerprint density at radius 2 is 1.33 bits per heavy atom. The maximum atomic E-state index is 5.51. The van der Waals surface area contributed by atoms with E-state index in [2.05, 4.69) is 48.7 Å². The van der Waals surface area contributed by atoms with Crippen LogP contribution in [0.5, 0.6) is 0 Å². The van der Waals surface area contributed by atoms with E-state index in [1.165, 1.54) is 11.1 Å². The average Bonchev–Trinajstić information content (AvgIpc) is 2.60. The van der Waals surface area contributed by atoms with Crippen molar-refractivity contribution in [3.63, 3.8) is 0 Å². The van der Waals surface area contributed by atoms with E-state index in [1.807, 2.05) is 48.5 Å². The van der Waals surface area contributed by atoms with Gasteiger partial charge in [0.1, 0.15) is 0 Å². The fourth-order valence-electron chi connectivity index (χ4n) is 2.62. The second kappa shape index (κ2) is 7.28. The lowest BCUT2D eigenvalue weighted by molar-refractivity contribution is 1.34. The second-order valence-corrected chi connectivity index (χ2v) is 6.15. The molecular formula is C21H20N2S. The monoisotopic (exact) mass is 332 g/mol. The van der Waals surface area contributed by atoms with Crippen molar-refractivity contribution in [2.75, 3.05) is 10.6 Å². The van der Waals surface area contributed by atoms with Gasteiger partial charge in [-0.15, -0.1) is 0 Å². The van der Waals surface area contributed by atoms with Crippen LogP contribution in [0.2, 0.25) is 0 Å². The molecule has 0 aliphatic heterocycles. The van der Waals surface area contributed by atoms with Gasteiger partial charge in [0, 0.05) is 16.9 Å². The van der Waals surface area contributed by atoms with Gasteiger partial charge in [0.05, 0.1) is 0 Å². The Bertz CT molecular complexity index is 857. The molecule has 0 saturated carbocycles. The van der Waals surface area contributed by atoms with Crippen LogP contribution in [0.15, 0.2) is 72.8 Å². The van der Waals surface area contributed by atoms with Crippen molar-refractivity contribution in [3.05, 3.63) is 83.9 Å². The summed E-state index contributed by atoms with van der Waals surface area (Å²) in [5, 5.41) is 7.21. The predicted octanol–water partition coefficient (Wildman–Crippen LogP) is 5.78. The van der Waals surface area contributed by atoms with Gasteiger partial charge in [0.15, 0.2) is 5.11 Å². The Morgan fingerprint density at radius 1 is 0.708 bits per heavy atom. The molecule has 0 saturated heterocycles. The fourth-order valence-corrected chi connectivity index (χ4v) is 2.84. The van der Waals surface area contributed by atoms with Gasteiger partial charge in [-0.05, 0) is 54.9 Å². The van der Waals surface area contributed by atoms with E-state index in [-0.39, 0.29) is 0 Å². The zero-order valence-corrected chi connectivity index (χ0v) is 14.7. The summed E-state index contributed by atoms with van der Waals surface area (Å²) in [5.41, 5.74) is 6.76. The zero-order valence-electron chi connectivity index (χ0n) is 13.8. The Balaban J connectivity index is 1.82. The molecule has 3 aromatic rings. The average molecular weight is 332 g/mol. The smallest absolute Gasteiger partial charge is 0.175 e. The molecule has 24 heavy (non-hydrogen) atoms. The van der Waals surface area contributed by atoms with Crippen LogP contribution in [0.3, 0.4) is 0 Å². The number of benzene rings is 3. The number of nitrogens with one attached hydrogen (secondary N) is 2. The van der Waals surface area contributed by atoms with Crippen molar-refractivity contribution >= 4 is 28.7 Å². The first kappa shape index (κ1) is 16.2. The molecule has 0 bridgehead atoms. The van der Waals surface area contributed by atoms with E-state index >= 15 is 0 Å². The van der Waals surface area contributed by atoms with Crippen LogP contribution in [-0.2, 0) is 0 Å². The number of thiocarbonyl (C=S) groups is 1. The third-order valence-corrected chi connectivity index (χ3v) is 4.32. The van der Waals surface area contributed by atoms with E-state index in [4.69, 9.17) is 12.2 Å². The van der Waals surface area contributed by atoms with E-state index in [0.717, 1.165) is 22.5 Å². The topological polar surface area (TPSA) is 24.1 Å². The van der Waals surface area contributed by atoms with Gasteiger partial charge in [0.2, 0.25) is 0 Å². The largest absolute Gasteiger partial charge is 0.332 e. The van der Waals surface area contributed by atoms with Crippen LogP contribution in [0.25, 0.3) is 11.1 Å². The molecule has 0 unspecified atom stereocenters. The second-order valence-electron chi connectivity index (χ2n) is 5.74. The molecule has 2 nitrogen and oxygen atoms in total. The van der Waals surface area contributed by atoms with E-state index in [0.29, 0.717) is 5.11 Å². The molecule has 120 valence electrons. The summed E-state index contributed by atoms with van der Waals surface area (Å²) in [4.78, 5) is 0. The molecule has 2 N–H and O–H groups in total. The Kier molecular flexibility index (Phi) is 4.92. The van der Waals surface area contributed by atoms with Crippen molar-refractivity contribution in [1.82, 2.24) is 0 Å². The molecule has 0 aromatic heterocycles. The molecule has 0 aliphatic rings. The number of rotatable bonds is 3. The number of hydrogen-bond donors (Lipinski definition) is 2. The lowest BCUT2D eigenvalue weighted by Crippen LogP contribution is -2.20.